The van der Waals surface area contributed by atoms with Gasteiger partial charge in [0.05, 0.1) is 16.8 Å². The molecule has 148 valence electrons. The maximum atomic E-state index is 12.8. The van der Waals surface area contributed by atoms with E-state index >= 15 is 0 Å². The van der Waals surface area contributed by atoms with Gasteiger partial charge in [0.2, 0.25) is 0 Å². The van der Waals surface area contributed by atoms with Gasteiger partial charge in [-0.05, 0) is 65.1 Å². The van der Waals surface area contributed by atoms with Crippen LogP contribution in [0.4, 0.5) is 5.69 Å². The molecule has 2 aromatic carbocycles. The third kappa shape index (κ3) is 4.62. The molecule has 6 nitrogen and oxygen atoms in total. The number of aromatic nitrogens is 2. The van der Waals surface area contributed by atoms with Crippen LogP contribution in [-0.2, 0) is 9.53 Å². The second-order valence-electron chi connectivity index (χ2n) is 6.44. The summed E-state index contributed by atoms with van der Waals surface area (Å²) in [6.45, 7) is -0.383. The van der Waals surface area contributed by atoms with Crippen molar-refractivity contribution in [1.82, 2.24) is 9.97 Å². The second kappa shape index (κ2) is 9.00. The van der Waals surface area contributed by atoms with E-state index in [4.69, 9.17) is 4.74 Å². The fraction of sp³-hybridized carbons (Fsp3) is 0.0435. The summed E-state index contributed by atoms with van der Waals surface area (Å²) in [4.78, 5) is 33.7. The number of para-hydroxylation sites is 1. The Labute approximate surface area is 186 Å². The molecule has 0 saturated heterocycles. The number of ether oxygens (including phenoxy) is 1. The highest BCUT2D eigenvalue weighted by atomic mass is 127. The zero-order valence-electron chi connectivity index (χ0n) is 15.7. The molecule has 1 N–H and O–H groups in total. The number of pyridine rings is 2. The van der Waals surface area contributed by atoms with E-state index in [0.29, 0.717) is 27.8 Å². The molecule has 0 aliphatic heterocycles. The van der Waals surface area contributed by atoms with Crippen LogP contribution in [0.1, 0.15) is 10.4 Å². The number of hydrogen-bond acceptors (Lipinski definition) is 5. The Kier molecular flexibility index (Phi) is 5.99. The van der Waals surface area contributed by atoms with Gasteiger partial charge in [0.25, 0.3) is 5.91 Å². The number of hydrogen-bond donors (Lipinski definition) is 1. The molecule has 0 radical (unpaired) electrons. The van der Waals surface area contributed by atoms with Crippen molar-refractivity contribution in [3.05, 3.63) is 88.3 Å². The lowest BCUT2D eigenvalue weighted by Crippen LogP contribution is -2.21. The van der Waals surface area contributed by atoms with Crippen LogP contribution >= 0.6 is 22.6 Å². The van der Waals surface area contributed by atoms with Crippen molar-refractivity contribution in [3.8, 4) is 11.3 Å². The number of nitrogens with one attached hydrogen (secondary N) is 1. The number of amides is 1. The van der Waals surface area contributed by atoms with Crippen molar-refractivity contribution in [2.24, 2.45) is 0 Å². The first-order valence-corrected chi connectivity index (χ1v) is 10.2. The van der Waals surface area contributed by atoms with Gasteiger partial charge in [-0.25, -0.2) is 9.78 Å². The summed E-state index contributed by atoms with van der Waals surface area (Å²) in [6, 6.07) is 20.0. The molecular weight excluding hydrogens is 493 g/mol. The third-order valence-electron chi connectivity index (χ3n) is 4.35. The van der Waals surface area contributed by atoms with Crippen molar-refractivity contribution in [1.29, 1.82) is 0 Å². The highest BCUT2D eigenvalue weighted by molar-refractivity contribution is 14.1. The van der Waals surface area contributed by atoms with Crippen molar-refractivity contribution in [2.45, 2.75) is 0 Å². The van der Waals surface area contributed by atoms with Crippen molar-refractivity contribution in [2.75, 3.05) is 11.9 Å². The third-order valence-corrected chi connectivity index (χ3v) is 5.03. The standard InChI is InChI=1S/C23H16IN3O3/c24-16-4-3-5-17(12-16)26-22(28)14-30-23(29)19-13-21(15-8-10-25-11-9-15)27-20-7-2-1-6-18(19)20/h1-13H,14H2,(H,26,28). The molecule has 30 heavy (non-hydrogen) atoms. The van der Waals surface area contributed by atoms with E-state index in [2.05, 4.69) is 37.9 Å². The van der Waals surface area contributed by atoms with E-state index in [9.17, 15) is 9.59 Å². The lowest BCUT2D eigenvalue weighted by molar-refractivity contribution is -0.119. The zero-order chi connectivity index (χ0) is 20.9. The van der Waals surface area contributed by atoms with Crippen LogP contribution in [0.2, 0.25) is 0 Å². The van der Waals surface area contributed by atoms with Gasteiger partial charge in [-0.1, -0.05) is 24.3 Å². The summed E-state index contributed by atoms with van der Waals surface area (Å²) >= 11 is 2.16. The molecule has 0 bridgehead atoms. The lowest BCUT2D eigenvalue weighted by atomic mass is 10.0. The summed E-state index contributed by atoms with van der Waals surface area (Å²) in [5.41, 5.74) is 3.14. The number of benzene rings is 2. The SMILES string of the molecule is O=C(COC(=O)c1cc(-c2ccncc2)nc2ccccc12)Nc1cccc(I)c1. The van der Waals surface area contributed by atoms with Gasteiger partial charge < -0.3 is 10.1 Å². The average molecular weight is 509 g/mol. The Bertz CT molecular complexity index is 1230. The molecule has 4 rings (SSSR count). The van der Waals surface area contributed by atoms with Gasteiger partial charge in [-0.15, -0.1) is 0 Å². The van der Waals surface area contributed by atoms with Crippen LogP contribution in [-0.4, -0.2) is 28.5 Å². The first-order chi connectivity index (χ1) is 14.6. The number of halogens is 1. The Morgan fingerprint density at radius 2 is 1.77 bits per heavy atom. The first kappa shape index (κ1) is 20.0. The highest BCUT2D eigenvalue weighted by Crippen LogP contribution is 2.25. The Balaban J connectivity index is 1.56. The smallest absolute Gasteiger partial charge is 0.339 e. The molecule has 0 spiro atoms. The first-order valence-electron chi connectivity index (χ1n) is 9.13. The minimum Gasteiger partial charge on any atom is -0.452 e. The molecule has 2 heterocycles. The zero-order valence-corrected chi connectivity index (χ0v) is 17.9. The van der Waals surface area contributed by atoms with Crippen LogP contribution in [0.25, 0.3) is 22.2 Å². The average Bonchev–Trinajstić information content (AvgIpc) is 2.77. The molecule has 1 amide bonds. The Morgan fingerprint density at radius 3 is 2.57 bits per heavy atom. The molecular formula is C23H16IN3O3. The van der Waals surface area contributed by atoms with Crippen molar-refractivity contribution < 1.29 is 14.3 Å². The molecule has 0 saturated carbocycles. The van der Waals surface area contributed by atoms with Gasteiger partial charge in [-0.3, -0.25) is 9.78 Å². The molecule has 4 aromatic rings. The van der Waals surface area contributed by atoms with Crippen LogP contribution < -0.4 is 5.32 Å². The maximum Gasteiger partial charge on any atom is 0.339 e. The predicted molar refractivity (Wildman–Crippen MR) is 123 cm³/mol. The molecule has 0 aliphatic carbocycles. The van der Waals surface area contributed by atoms with E-state index in [-0.39, 0.29) is 6.61 Å². The number of carbonyl (C=O) groups excluding carboxylic acids is 2. The summed E-state index contributed by atoms with van der Waals surface area (Å²) in [5, 5.41) is 3.39. The largest absolute Gasteiger partial charge is 0.452 e. The molecule has 2 aromatic heterocycles. The highest BCUT2D eigenvalue weighted by Gasteiger charge is 2.16. The number of anilines is 1. The lowest BCUT2D eigenvalue weighted by Gasteiger charge is -2.10. The van der Waals surface area contributed by atoms with E-state index < -0.39 is 11.9 Å². The van der Waals surface area contributed by atoms with Crippen molar-refractivity contribution >= 4 is 51.1 Å². The molecule has 0 unspecified atom stereocenters. The molecule has 7 heteroatoms. The van der Waals surface area contributed by atoms with Gasteiger partial charge in [0, 0.05) is 32.6 Å². The summed E-state index contributed by atoms with van der Waals surface area (Å²) in [5.74, 6) is -0.986. The number of esters is 1. The Hall–Kier alpha value is -3.33. The normalized spacial score (nSPS) is 10.6. The predicted octanol–water partition coefficient (Wildman–Crippen LogP) is 4.70. The van der Waals surface area contributed by atoms with Crippen LogP contribution in [0.15, 0.2) is 79.1 Å². The fourth-order valence-electron chi connectivity index (χ4n) is 2.99. The van der Waals surface area contributed by atoms with E-state index in [1.165, 1.54) is 0 Å². The van der Waals surface area contributed by atoms with Crippen molar-refractivity contribution in [3.63, 3.8) is 0 Å². The van der Waals surface area contributed by atoms with Crippen LogP contribution in [0, 0.1) is 3.57 Å². The summed E-state index contributed by atoms with van der Waals surface area (Å²) < 4.78 is 6.29. The quantitative estimate of drug-likeness (QED) is 0.312. The number of carbonyl (C=O) groups is 2. The van der Waals surface area contributed by atoms with Gasteiger partial charge >= 0.3 is 5.97 Å². The topological polar surface area (TPSA) is 81.2 Å². The van der Waals surface area contributed by atoms with E-state index in [1.807, 2.05) is 48.5 Å². The van der Waals surface area contributed by atoms with E-state index in [0.717, 1.165) is 9.13 Å². The molecule has 0 fully saturated rings. The summed E-state index contributed by atoms with van der Waals surface area (Å²) in [6.07, 6.45) is 3.33. The van der Waals surface area contributed by atoms with Crippen LogP contribution in [0.5, 0.6) is 0 Å². The number of rotatable bonds is 5. The molecule has 0 atom stereocenters. The summed E-state index contributed by atoms with van der Waals surface area (Å²) in [7, 11) is 0. The number of fused-ring (bicyclic) bond motifs is 1. The fourth-order valence-corrected chi connectivity index (χ4v) is 3.53. The monoisotopic (exact) mass is 509 g/mol. The molecule has 0 aliphatic rings. The minimum atomic E-state index is -0.582. The van der Waals surface area contributed by atoms with Gasteiger partial charge in [0.15, 0.2) is 6.61 Å². The van der Waals surface area contributed by atoms with Crippen LogP contribution in [0.3, 0.4) is 0 Å². The van der Waals surface area contributed by atoms with E-state index in [1.54, 1.807) is 30.6 Å². The minimum absolute atomic E-state index is 0.356. The van der Waals surface area contributed by atoms with Gasteiger partial charge in [0.1, 0.15) is 0 Å². The Morgan fingerprint density at radius 1 is 0.967 bits per heavy atom. The maximum absolute atomic E-state index is 12.8. The van der Waals surface area contributed by atoms with Gasteiger partial charge in [-0.2, -0.15) is 0 Å². The number of nitrogens with zero attached hydrogens (tertiary/aromatic N) is 2. The second-order valence-corrected chi connectivity index (χ2v) is 7.69.